The Morgan fingerprint density at radius 2 is 1.08 bits per heavy atom. The van der Waals surface area contributed by atoms with Gasteiger partial charge in [0.1, 0.15) is 0 Å². The first-order valence-corrected chi connectivity index (χ1v) is 7.94. The minimum absolute atomic E-state index is 1.06. The van der Waals surface area contributed by atoms with Crippen molar-refractivity contribution in [2.45, 2.75) is 0 Å². The van der Waals surface area contributed by atoms with Crippen molar-refractivity contribution in [2.75, 3.05) is 0 Å². The van der Waals surface area contributed by atoms with Gasteiger partial charge in [-0.05, 0) is 23.6 Å². The van der Waals surface area contributed by atoms with E-state index in [1.54, 1.807) is 0 Å². The van der Waals surface area contributed by atoms with Crippen molar-refractivity contribution >= 4 is 32.6 Å². The first-order valence-electron chi connectivity index (χ1n) is 7.94. The van der Waals surface area contributed by atoms with E-state index < -0.39 is 0 Å². The molecule has 0 fully saturated rings. The zero-order valence-corrected chi connectivity index (χ0v) is 13.1. The molecule has 3 aromatic carbocycles. The Balaban J connectivity index is 0.000000129. The van der Waals surface area contributed by atoms with E-state index in [1.807, 2.05) is 42.7 Å². The maximum Gasteiger partial charge on any atom is 0.0780 e. The van der Waals surface area contributed by atoms with E-state index in [2.05, 4.69) is 64.6 Å². The van der Waals surface area contributed by atoms with Crippen LogP contribution in [0.2, 0.25) is 0 Å². The maximum absolute atomic E-state index is 4.41. The molecule has 0 unspecified atom stereocenters. The standard InChI is InChI=1S/C13H9N.C9H7N/c1-2-6-12-10(4-1)7-8-11-5-3-9-14-13(11)12;1-2-6-9-8(4-1)5-3-7-10-9/h1-9H;1-7H. The van der Waals surface area contributed by atoms with Gasteiger partial charge < -0.3 is 0 Å². The largest absolute Gasteiger partial charge is 0.256 e. The van der Waals surface area contributed by atoms with E-state index in [0.29, 0.717) is 0 Å². The number of nitrogens with zero attached hydrogens (tertiary/aromatic N) is 2. The van der Waals surface area contributed by atoms with E-state index in [1.165, 1.54) is 21.5 Å². The van der Waals surface area contributed by atoms with Crippen LogP contribution in [0.25, 0.3) is 32.6 Å². The van der Waals surface area contributed by atoms with Crippen LogP contribution in [0.3, 0.4) is 0 Å². The Morgan fingerprint density at radius 1 is 0.458 bits per heavy atom. The van der Waals surface area contributed by atoms with Crippen LogP contribution >= 0.6 is 0 Å². The summed E-state index contributed by atoms with van der Waals surface area (Å²) < 4.78 is 0. The van der Waals surface area contributed by atoms with Gasteiger partial charge in [-0.3, -0.25) is 9.97 Å². The van der Waals surface area contributed by atoms with Gasteiger partial charge in [-0.1, -0.05) is 66.7 Å². The molecule has 0 radical (unpaired) electrons. The third-order valence-electron chi connectivity index (χ3n) is 4.01. The number of hydrogen-bond acceptors (Lipinski definition) is 2. The van der Waals surface area contributed by atoms with Gasteiger partial charge in [-0.2, -0.15) is 0 Å². The molecule has 114 valence electrons. The van der Waals surface area contributed by atoms with Gasteiger partial charge in [0.15, 0.2) is 0 Å². The summed E-state index contributed by atoms with van der Waals surface area (Å²) in [4.78, 5) is 8.59. The molecule has 5 aromatic rings. The maximum atomic E-state index is 4.41. The van der Waals surface area contributed by atoms with Crippen molar-refractivity contribution in [2.24, 2.45) is 0 Å². The molecule has 0 spiro atoms. The number of rotatable bonds is 0. The van der Waals surface area contributed by atoms with Crippen molar-refractivity contribution in [1.82, 2.24) is 9.97 Å². The summed E-state index contributed by atoms with van der Waals surface area (Å²) in [6.45, 7) is 0. The molecule has 0 aliphatic rings. The molecule has 0 atom stereocenters. The fourth-order valence-electron chi connectivity index (χ4n) is 2.83. The van der Waals surface area contributed by atoms with Gasteiger partial charge in [0.05, 0.1) is 11.0 Å². The second-order valence-corrected chi connectivity index (χ2v) is 5.56. The molecule has 2 nitrogen and oxygen atoms in total. The highest BCUT2D eigenvalue weighted by Crippen LogP contribution is 2.22. The zero-order valence-electron chi connectivity index (χ0n) is 13.1. The average molecular weight is 308 g/mol. The summed E-state index contributed by atoms with van der Waals surface area (Å²) >= 11 is 0. The monoisotopic (exact) mass is 308 g/mol. The van der Waals surface area contributed by atoms with E-state index in [0.717, 1.165) is 11.0 Å². The summed E-state index contributed by atoms with van der Waals surface area (Å²) in [5, 5.41) is 4.88. The third-order valence-corrected chi connectivity index (χ3v) is 4.01. The quantitative estimate of drug-likeness (QED) is 0.347. The molecule has 0 saturated heterocycles. The molecule has 0 aliphatic heterocycles. The van der Waals surface area contributed by atoms with Gasteiger partial charge in [0.25, 0.3) is 0 Å². The smallest absolute Gasteiger partial charge is 0.0780 e. The molecule has 0 aliphatic carbocycles. The number of hydrogen-bond donors (Lipinski definition) is 0. The van der Waals surface area contributed by atoms with Crippen LogP contribution in [-0.4, -0.2) is 9.97 Å². The number of aromatic nitrogens is 2. The first kappa shape index (κ1) is 14.3. The van der Waals surface area contributed by atoms with Gasteiger partial charge in [0, 0.05) is 28.6 Å². The van der Waals surface area contributed by atoms with Crippen LogP contribution in [0.1, 0.15) is 0 Å². The Labute approximate surface area is 140 Å². The normalized spacial score (nSPS) is 10.5. The molecule has 2 heterocycles. The second-order valence-electron chi connectivity index (χ2n) is 5.56. The summed E-state index contributed by atoms with van der Waals surface area (Å²) in [6, 6.07) is 28.7. The second kappa shape index (κ2) is 6.47. The lowest BCUT2D eigenvalue weighted by molar-refractivity contribution is 1.41. The lowest BCUT2D eigenvalue weighted by atomic mass is 10.1. The number of fused-ring (bicyclic) bond motifs is 4. The molecule has 0 saturated carbocycles. The molecular weight excluding hydrogens is 292 g/mol. The Bertz CT molecular complexity index is 996. The molecule has 0 bridgehead atoms. The highest BCUT2D eigenvalue weighted by molar-refractivity contribution is 6.04. The number of benzene rings is 3. The highest BCUT2D eigenvalue weighted by Gasteiger charge is 1.98. The van der Waals surface area contributed by atoms with E-state index >= 15 is 0 Å². The summed E-state index contributed by atoms with van der Waals surface area (Å²) in [5.41, 5.74) is 2.15. The van der Waals surface area contributed by atoms with Gasteiger partial charge in [-0.25, -0.2) is 0 Å². The Morgan fingerprint density at radius 3 is 1.96 bits per heavy atom. The molecular formula is C22H16N2. The fraction of sp³-hybridized carbons (Fsp3) is 0. The highest BCUT2D eigenvalue weighted by atomic mass is 14.6. The van der Waals surface area contributed by atoms with Crippen molar-refractivity contribution < 1.29 is 0 Å². The van der Waals surface area contributed by atoms with Crippen LogP contribution < -0.4 is 0 Å². The van der Waals surface area contributed by atoms with Crippen LogP contribution in [0.4, 0.5) is 0 Å². The number of para-hydroxylation sites is 1. The summed E-state index contributed by atoms with van der Waals surface area (Å²) in [7, 11) is 0. The van der Waals surface area contributed by atoms with Crippen molar-refractivity contribution in [3.63, 3.8) is 0 Å². The van der Waals surface area contributed by atoms with Gasteiger partial charge in [-0.15, -0.1) is 0 Å². The van der Waals surface area contributed by atoms with Gasteiger partial charge in [0.2, 0.25) is 0 Å². The molecule has 0 amide bonds. The molecule has 0 N–H and O–H groups in total. The average Bonchev–Trinajstić information content (AvgIpc) is 2.68. The molecule has 2 aromatic heterocycles. The van der Waals surface area contributed by atoms with Crippen LogP contribution in [0, 0.1) is 0 Å². The van der Waals surface area contributed by atoms with Crippen LogP contribution in [-0.2, 0) is 0 Å². The van der Waals surface area contributed by atoms with Gasteiger partial charge >= 0.3 is 0 Å². The SMILES string of the molecule is c1ccc2c(c1)ccc1cccnc12.c1ccc2ncccc2c1. The fourth-order valence-corrected chi connectivity index (χ4v) is 2.83. The molecule has 24 heavy (non-hydrogen) atoms. The zero-order chi connectivity index (χ0) is 16.2. The minimum atomic E-state index is 1.06. The van der Waals surface area contributed by atoms with Crippen LogP contribution in [0.15, 0.2) is 97.3 Å². The van der Waals surface area contributed by atoms with E-state index in [9.17, 15) is 0 Å². The summed E-state index contributed by atoms with van der Waals surface area (Å²) in [6.07, 6.45) is 3.65. The van der Waals surface area contributed by atoms with Crippen molar-refractivity contribution in [1.29, 1.82) is 0 Å². The predicted molar refractivity (Wildman–Crippen MR) is 101 cm³/mol. The van der Waals surface area contributed by atoms with E-state index in [4.69, 9.17) is 0 Å². The number of pyridine rings is 2. The topological polar surface area (TPSA) is 25.8 Å². The minimum Gasteiger partial charge on any atom is -0.256 e. The lowest BCUT2D eigenvalue weighted by Crippen LogP contribution is -1.79. The third kappa shape index (κ3) is 2.82. The van der Waals surface area contributed by atoms with E-state index in [-0.39, 0.29) is 0 Å². The Hall–Kier alpha value is -3.26. The summed E-state index contributed by atoms with van der Waals surface area (Å²) in [5.74, 6) is 0. The molecule has 2 heteroatoms. The first-order chi connectivity index (χ1) is 11.9. The van der Waals surface area contributed by atoms with Crippen LogP contribution in [0.5, 0.6) is 0 Å². The molecule has 5 rings (SSSR count). The van der Waals surface area contributed by atoms with Crippen molar-refractivity contribution in [3.8, 4) is 0 Å². The predicted octanol–water partition coefficient (Wildman–Crippen LogP) is 5.62. The lowest BCUT2D eigenvalue weighted by Gasteiger charge is -2.01. The Kier molecular flexibility index (Phi) is 3.86. The van der Waals surface area contributed by atoms with Crippen molar-refractivity contribution in [3.05, 3.63) is 97.3 Å².